The first kappa shape index (κ1) is 4.83. The van der Waals surface area contributed by atoms with Gasteiger partial charge in [0.1, 0.15) is 0 Å². The Bertz CT molecular complexity index is 229. The van der Waals surface area contributed by atoms with Crippen molar-refractivity contribution >= 4 is 0 Å². The lowest BCUT2D eigenvalue weighted by Crippen LogP contribution is -1.94. The van der Waals surface area contributed by atoms with E-state index < -0.39 is 5.63 Å². The summed E-state index contributed by atoms with van der Waals surface area (Å²) in [7, 11) is 0. The molecule has 0 saturated carbocycles. The molecule has 1 rings (SSSR count). The van der Waals surface area contributed by atoms with E-state index in [0.29, 0.717) is 0 Å². The Labute approximate surface area is 44.4 Å². The second-order valence-corrected chi connectivity index (χ2v) is 1.17. The van der Waals surface area contributed by atoms with Crippen LogP contribution < -0.4 is 5.63 Å². The minimum absolute atomic E-state index is 0.318. The zero-order chi connectivity index (χ0) is 5.98. The predicted molar refractivity (Wildman–Crippen MR) is 24.4 cm³/mol. The number of aromatic nitrogens is 1. The molecule has 0 fully saturated rings. The van der Waals surface area contributed by atoms with E-state index >= 15 is 0 Å². The molecule has 1 heterocycles. The molecule has 1 aromatic rings. The van der Waals surface area contributed by atoms with Crippen molar-refractivity contribution in [1.82, 2.24) is 4.98 Å². The van der Waals surface area contributed by atoms with Crippen LogP contribution >= 0.6 is 0 Å². The summed E-state index contributed by atoms with van der Waals surface area (Å²) in [6, 6.07) is 0.889. The van der Waals surface area contributed by atoms with Crippen LogP contribution in [0, 0.1) is 0 Å². The van der Waals surface area contributed by atoms with Crippen LogP contribution in [0.1, 0.15) is 0 Å². The van der Waals surface area contributed by atoms with Gasteiger partial charge in [0.05, 0.1) is 6.07 Å². The van der Waals surface area contributed by atoms with Gasteiger partial charge in [0.2, 0.25) is 5.88 Å². The Morgan fingerprint density at radius 3 is 2.88 bits per heavy atom. The quantitative estimate of drug-likeness (QED) is 0.503. The van der Waals surface area contributed by atoms with Gasteiger partial charge in [0.25, 0.3) is 0 Å². The molecule has 0 aliphatic heterocycles. The molecule has 0 aliphatic carbocycles. The summed E-state index contributed by atoms with van der Waals surface area (Å²) < 4.78 is 4.18. The highest BCUT2D eigenvalue weighted by Crippen LogP contribution is 1.91. The van der Waals surface area contributed by atoms with E-state index in [9.17, 15) is 4.79 Å². The summed E-state index contributed by atoms with van der Waals surface area (Å²) in [6.45, 7) is 0. The molecule has 0 bridgehead atoms. The number of nitrogens with zero attached hydrogens (tertiary/aromatic N) is 1. The van der Waals surface area contributed by atoms with Crippen molar-refractivity contribution in [2.24, 2.45) is 0 Å². The minimum Gasteiger partial charge on any atom is -0.493 e. The third-order valence-corrected chi connectivity index (χ3v) is 0.601. The summed E-state index contributed by atoms with van der Waals surface area (Å²) in [4.78, 5) is 13.4. The molecule has 42 valence electrons. The van der Waals surface area contributed by atoms with Crippen LogP contribution in [0.5, 0.6) is 5.88 Å². The molecule has 1 aromatic heterocycles. The van der Waals surface area contributed by atoms with E-state index in [-0.39, 0.29) is 5.88 Å². The maximum Gasteiger partial charge on any atom is 0.342 e. The molecule has 0 unspecified atom stereocenters. The highest BCUT2D eigenvalue weighted by molar-refractivity contribution is 4.99. The van der Waals surface area contributed by atoms with E-state index in [1.54, 1.807) is 0 Å². The van der Waals surface area contributed by atoms with Crippen molar-refractivity contribution in [3.8, 4) is 5.88 Å². The van der Waals surface area contributed by atoms with E-state index in [1.807, 2.05) is 0 Å². The Balaban J connectivity index is 3.28. The largest absolute Gasteiger partial charge is 0.493 e. The summed E-state index contributed by atoms with van der Waals surface area (Å²) in [5, 5.41) is 8.44. The first-order valence-corrected chi connectivity index (χ1v) is 1.93. The first-order valence-electron chi connectivity index (χ1n) is 1.93. The van der Waals surface area contributed by atoms with Crippen LogP contribution in [0.4, 0.5) is 0 Å². The topological polar surface area (TPSA) is 63.3 Å². The summed E-state index contributed by atoms with van der Waals surface area (Å²) in [5.74, 6) is -0.318. The van der Waals surface area contributed by atoms with Crippen LogP contribution in [0.2, 0.25) is 0 Å². The molecule has 0 atom stereocenters. The third-order valence-electron chi connectivity index (χ3n) is 0.601. The molecule has 4 nitrogen and oxygen atoms in total. The fourth-order valence-corrected chi connectivity index (χ4v) is 0.309. The smallest absolute Gasteiger partial charge is 0.342 e. The van der Waals surface area contributed by atoms with Crippen LogP contribution in [0.25, 0.3) is 0 Å². The van der Waals surface area contributed by atoms with Crippen LogP contribution in [-0.2, 0) is 0 Å². The van der Waals surface area contributed by atoms with Crippen LogP contribution in [0.3, 0.4) is 0 Å². The van der Waals surface area contributed by atoms with Gasteiger partial charge in [-0.3, -0.25) is 0 Å². The molecule has 8 heavy (non-hydrogen) atoms. The third kappa shape index (κ3) is 0.841. The lowest BCUT2D eigenvalue weighted by Gasteiger charge is -1.81. The fourth-order valence-electron chi connectivity index (χ4n) is 0.309. The van der Waals surface area contributed by atoms with E-state index in [4.69, 9.17) is 5.11 Å². The Morgan fingerprint density at radius 2 is 2.50 bits per heavy atom. The van der Waals surface area contributed by atoms with Crippen molar-refractivity contribution in [1.29, 1.82) is 0 Å². The summed E-state index contributed by atoms with van der Waals surface area (Å²) >= 11 is 0. The maximum atomic E-state index is 10.1. The zero-order valence-corrected chi connectivity index (χ0v) is 3.87. The normalized spacial score (nSPS) is 9.00. The van der Waals surface area contributed by atoms with Crippen molar-refractivity contribution in [3.05, 3.63) is 22.9 Å². The second-order valence-electron chi connectivity index (χ2n) is 1.17. The SMILES string of the molecule is O=c1cc(O)nco1. The maximum absolute atomic E-state index is 10.1. The standard InChI is InChI=1S/C4H3NO3/c6-3-1-4(7)8-2-5-3/h1-2,6H. The van der Waals surface area contributed by atoms with Crippen LogP contribution in [0.15, 0.2) is 21.7 Å². The monoisotopic (exact) mass is 113 g/mol. The molecule has 0 spiro atoms. The summed E-state index contributed by atoms with van der Waals surface area (Å²) in [6.07, 6.45) is 0.887. The zero-order valence-electron chi connectivity index (χ0n) is 3.87. The average molecular weight is 113 g/mol. The Morgan fingerprint density at radius 1 is 1.75 bits per heavy atom. The van der Waals surface area contributed by atoms with E-state index in [0.717, 1.165) is 12.5 Å². The lowest BCUT2D eigenvalue weighted by molar-refractivity contribution is 0.414. The van der Waals surface area contributed by atoms with Gasteiger partial charge >= 0.3 is 5.63 Å². The number of aromatic hydroxyl groups is 1. The van der Waals surface area contributed by atoms with Gasteiger partial charge in [-0.05, 0) is 0 Å². The van der Waals surface area contributed by atoms with Gasteiger partial charge < -0.3 is 9.52 Å². The molecular formula is C4H3NO3. The van der Waals surface area contributed by atoms with Gasteiger partial charge in [-0.1, -0.05) is 0 Å². The molecular weight excluding hydrogens is 110 g/mol. The highest BCUT2D eigenvalue weighted by atomic mass is 16.4. The van der Waals surface area contributed by atoms with E-state index in [1.165, 1.54) is 0 Å². The van der Waals surface area contributed by atoms with Gasteiger partial charge in [0.15, 0.2) is 6.39 Å². The molecule has 4 heteroatoms. The number of hydrogen-bond acceptors (Lipinski definition) is 4. The van der Waals surface area contributed by atoms with Gasteiger partial charge in [-0.2, -0.15) is 4.98 Å². The van der Waals surface area contributed by atoms with Crippen LogP contribution in [-0.4, -0.2) is 10.1 Å². The minimum atomic E-state index is -0.600. The Kier molecular flexibility index (Phi) is 0.997. The first-order chi connectivity index (χ1) is 3.79. The van der Waals surface area contributed by atoms with Gasteiger partial charge in [-0.15, -0.1) is 0 Å². The molecule has 1 N–H and O–H groups in total. The molecule has 0 aliphatic rings. The highest BCUT2D eigenvalue weighted by Gasteiger charge is 1.86. The molecule has 0 aromatic carbocycles. The lowest BCUT2D eigenvalue weighted by atomic mass is 10.7. The summed E-state index contributed by atoms with van der Waals surface area (Å²) in [5.41, 5.74) is -0.600. The second kappa shape index (κ2) is 1.65. The Hall–Kier alpha value is -1.32. The van der Waals surface area contributed by atoms with Crippen molar-refractivity contribution in [3.63, 3.8) is 0 Å². The van der Waals surface area contributed by atoms with E-state index in [2.05, 4.69) is 9.40 Å². The van der Waals surface area contributed by atoms with Gasteiger partial charge in [-0.25, -0.2) is 4.79 Å². The van der Waals surface area contributed by atoms with Gasteiger partial charge in [0, 0.05) is 0 Å². The predicted octanol–water partition coefficient (Wildman–Crippen LogP) is -0.260. The molecule has 0 saturated heterocycles. The van der Waals surface area contributed by atoms with Crippen molar-refractivity contribution < 1.29 is 9.52 Å². The van der Waals surface area contributed by atoms with Crippen molar-refractivity contribution in [2.45, 2.75) is 0 Å². The molecule has 0 amide bonds. The fraction of sp³-hybridized carbons (Fsp3) is 0. The number of rotatable bonds is 0. The molecule has 0 radical (unpaired) electrons. The van der Waals surface area contributed by atoms with Crippen molar-refractivity contribution in [2.75, 3.05) is 0 Å². The number of hydrogen-bond donors (Lipinski definition) is 1. The average Bonchev–Trinajstić information content (AvgIpc) is 1.64.